The number of benzene rings is 1. The molecule has 0 saturated carbocycles. The van der Waals surface area contributed by atoms with Crippen LogP contribution in [0.3, 0.4) is 0 Å². The van der Waals surface area contributed by atoms with Crippen LogP contribution >= 0.6 is 0 Å². The van der Waals surface area contributed by atoms with Crippen LogP contribution in [0.5, 0.6) is 17.2 Å². The molecule has 7 atom stereocenters. The molecule has 0 aromatic heterocycles. The Morgan fingerprint density at radius 1 is 0.956 bits per heavy atom. The number of carbonyl (C=O) groups excluding carboxylic acids is 1. The van der Waals surface area contributed by atoms with Crippen LogP contribution in [0.15, 0.2) is 53.2 Å². The second-order valence-electron chi connectivity index (χ2n) is 10.7. The number of methoxy groups -OCH3 is 2. The van der Waals surface area contributed by atoms with E-state index in [0.717, 1.165) is 13.0 Å². The molecular formula is C29H34O16. The first-order valence-corrected chi connectivity index (χ1v) is 13.5. The van der Waals surface area contributed by atoms with Gasteiger partial charge in [-0.15, -0.1) is 0 Å². The first-order valence-electron chi connectivity index (χ1n) is 13.5. The first kappa shape index (κ1) is 33.4. The summed E-state index contributed by atoms with van der Waals surface area (Å²) in [4.78, 5) is 23.2. The third-order valence-electron chi connectivity index (χ3n) is 7.08. The molecule has 0 bridgehead atoms. The number of allylic oxidation sites excluding steroid dienone is 2. The van der Waals surface area contributed by atoms with Crippen LogP contribution in [-0.2, 0) is 28.5 Å². The minimum absolute atomic E-state index is 0.0175. The van der Waals surface area contributed by atoms with Gasteiger partial charge in [-0.3, -0.25) is 9.59 Å². The highest BCUT2D eigenvalue weighted by Gasteiger charge is 2.46. The second-order valence-corrected chi connectivity index (χ2v) is 10.7. The SMILES string of the molecule is COc1cc(C2=C(OC3OC(COC(=O)CC(C)(O)CC(=O)O)C(O)C(O)C3O)C=C3C(O)=CC(O)=CC3O2)cc(OC)c1O. The Morgan fingerprint density at radius 2 is 1.60 bits per heavy atom. The van der Waals surface area contributed by atoms with Gasteiger partial charge in [-0.1, -0.05) is 0 Å². The topological polar surface area (TPSA) is 251 Å². The highest BCUT2D eigenvalue weighted by molar-refractivity contribution is 5.74. The Hall–Kier alpha value is -4.48. The quantitative estimate of drug-likeness (QED) is 0.152. The number of carboxylic acid groups (broad SMARTS) is 1. The molecule has 3 aliphatic rings. The largest absolute Gasteiger partial charge is 0.508 e. The van der Waals surface area contributed by atoms with Crippen LogP contribution in [0, 0.1) is 0 Å². The lowest BCUT2D eigenvalue weighted by Crippen LogP contribution is -2.59. The third kappa shape index (κ3) is 7.43. The maximum atomic E-state index is 12.3. The van der Waals surface area contributed by atoms with E-state index in [1.54, 1.807) is 0 Å². The van der Waals surface area contributed by atoms with E-state index in [9.17, 15) is 45.3 Å². The van der Waals surface area contributed by atoms with Crippen molar-refractivity contribution in [3.63, 3.8) is 0 Å². The molecule has 246 valence electrons. The highest BCUT2D eigenvalue weighted by atomic mass is 16.7. The second kappa shape index (κ2) is 13.3. The van der Waals surface area contributed by atoms with E-state index in [2.05, 4.69) is 0 Å². The molecule has 1 aromatic rings. The number of rotatable bonds is 11. The lowest BCUT2D eigenvalue weighted by Gasteiger charge is -2.40. The Kier molecular flexibility index (Phi) is 9.84. The summed E-state index contributed by atoms with van der Waals surface area (Å²) in [7, 11) is 2.60. The average Bonchev–Trinajstić information content (AvgIpc) is 2.95. The van der Waals surface area contributed by atoms with Crippen molar-refractivity contribution in [2.24, 2.45) is 0 Å². The predicted octanol–water partition coefficient (Wildman–Crippen LogP) is 0.284. The van der Waals surface area contributed by atoms with E-state index >= 15 is 0 Å². The van der Waals surface area contributed by atoms with E-state index in [1.807, 2.05) is 0 Å². The zero-order valence-corrected chi connectivity index (χ0v) is 24.3. The number of hydrogen-bond donors (Lipinski definition) is 8. The van der Waals surface area contributed by atoms with Crippen molar-refractivity contribution in [3.05, 3.63) is 58.8 Å². The molecule has 1 aliphatic carbocycles. The van der Waals surface area contributed by atoms with E-state index in [4.69, 9.17) is 33.5 Å². The number of aromatic hydroxyl groups is 1. The van der Waals surface area contributed by atoms with Gasteiger partial charge in [-0.25, -0.2) is 0 Å². The number of phenolic OH excluding ortho intramolecular Hbond substituents is 1. The molecule has 0 amide bonds. The van der Waals surface area contributed by atoms with E-state index in [1.165, 1.54) is 38.5 Å². The van der Waals surface area contributed by atoms with Gasteiger partial charge in [0.25, 0.3) is 0 Å². The maximum absolute atomic E-state index is 12.3. The van der Waals surface area contributed by atoms with Crippen LogP contribution in [0.25, 0.3) is 5.76 Å². The standard InChI is InChI=1S/C29H34O16/c1-29(39,9-21(32)33)10-22(34)42-11-20-24(36)25(37)26(38)28(45-20)44-19-8-14-15(31)6-13(30)7-16(14)43-27(19)12-4-17(40-2)23(35)18(5-12)41-3/h4-8,16,20,24-26,28,30-31,35-39H,9-11H2,1-3H3,(H,32,33). The van der Waals surface area contributed by atoms with Crippen molar-refractivity contribution in [2.75, 3.05) is 20.8 Å². The molecule has 1 aromatic carbocycles. The molecule has 16 heteroatoms. The van der Waals surface area contributed by atoms with Crippen LogP contribution in [0.2, 0.25) is 0 Å². The fourth-order valence-electron chi connectivity index (χ4n) is 4.83. The number of phenols is 1. The van der Waals surface area contributed by atoms with Gasteiger partial charge in [0, 0.05) is 23.3 Å². The molecule has 4 rings (SSSR count). The van der Waals surface area contributed by atoms with Crippen LogP contribution in [0.1, 0.15) is 25.3 Å². The fraction of sp³-hybridized carbons (Fsp3) is 0.448. The third-order valence-corrected chi connectivity index (χ3v) is 7.08. The molecule has 1 fully saturated rings. The van der Waals surface area contributed by atoms with Gasteiger partial charge < -0.3 is 69.3 Å². The molecule has 0 radical (unpaired) electrons. The highest BCUT2D eigenvalue weighted by Crippen LogP contribution is 2.43. The summed E-state index contributed by atoms with van der Waals surface area (Å²) in [5.74, 6) is -3.63. The number of esters is 1. The van der Waals surface area contributed by atoms with Gasteiger partial charge in [0.15, 0.2) is 23.0 Å². The number of aliphatic carboxylic acids is 1. The van der Waals surface area contributed by atoms with Crippen molar-refractivity contribution in [1.29, 1.82) is 0 Å². The molecule has 1 saturated heterocycles. The minimum Gasteiger partial charge on any atom is -0.508 e. The number of fused-ring (bicyclic) bond motifs is 1. The zero-order valence-electron chi connectivity index (χ0n) is 24.3. The molecule has 7 unspecified atom stereocenters. The summed E-state index contributed by atoms with van der Waals surface area (Å²) in [6.45, 7) is 0.447. The smallest absolute Gasteiger partial charge is 0.308 e. The predicted molar refractivity (Wildman–Crippen MR) is 149 cm³/mol. The van der Waals surface area contributed by atoms with Gasteiger partial charge >= 0.3 is 11.9 Å². The summed E-state index contributed by atoms with van der Waals surface area (Å²) < 4.78 is 33.1. The van der Waals surface area contributed by atoms with Gasteiger partial charge in [-0.2, -0.15) is 0 Å². The zero-order chi connectivity index (χ0) is 33.2. The van der Waals surface area contributed by atoms with E-state index in [0.29, 0.717) is 0 Å². The number of carbonyl (C=O) groups is 2. The number of aliphatic hydroxyl groups excluding tert-OH is 5. The van der Waals surface area contributed by atoms with Gasteiger partial charge in [-0.05, 0) is 25.1 Å². The number of carboxylic acids is 1. The van der Waals surface area contributed by atoms with Crippen LogP contribution in [0.4, 0.5) is 0 Å². The molecule has 0 spiro atoms. The lowest BCUT2D eigenvalue weighted by atomic mass is 9.96. The van der Waals surface area contributed by atoms with Crippen LogP contribution in [-0.4, -0.2) is 116 Å². The Labute approximate surface area is 255 Å². The summed E-state index contributed by atoms with van der Waals surface area (Å²) in [6, 6.07) is 2.74. The fourth-order valence-corrected chi connectivity index (χ4v) is 4.83. The van der Waals surface area contributed by atoms with Gasteiger partial charge in [0.1, 0.15) is 48.6 Å². The Bertz CT molecular complexity index is 1410. The normalized spacial score (nSPS) is 27.5. The molecule has 16 nitrogen and oxygen atoms in total. The van der Waals surface area contributed by atoms with E-state index in [-0.39, 0.29) is 51.4 Å². The molecule has 2 aliphatic heterocycles. The maximum Gasteiger partial charge on any atom is 0.308 e. The van der Waals surface area contributed by atoms with Crippen LogP contribution < -0.4 is 9.47 Å². The molecular weight excluding hydrogens is 604 g/mol. The summed E-state index contributed by atoms with van der Waals surface area (Å²) >= 11 is 0. The average molecular weight is 639 g/mol. The van der Waals surface area contributed by atoms with Crippen molar-refractivity contribution in [2.45, 2.75) is 62.2 Å². The minimum atomic E-state index is -1.92. The monoisotopic (exact) mass is 638 g/mol. The first-order chi connectivity index (χ1) is 21.1. The van der Waals surface area contributed by atoms with Gasteiger partial charge in [0.2, 0.25) is 12.0 Å². The van der Waals surface area contributed by atoms with Crippen molar-refractivity contribution >= 4 is 17.7 Å². The number of ether oxygens (including phenoxy) is 6. The summed E-state index contributed by atoms with van der Waals surface area (Å²) in [6.07, 6.45) is -7.48. The van der Waals surface area contributed by atoms with Crippen molar-refractivity contribution < 1.29 is 78.9 Å². The van der Waals surface area contributed by atoms with Crippen molar-refractivity contribution in [3.8, 4) is 17.2 Å². The molecule has 45 heavy (non-hydrogen) atoms. The Morgan fingerprint density at radius 3 is 2.20 bits per heavy atom. The Balaban J connectivity index is 1.64. The van der Waals surface area contributed by atoms with Crippen molar-refractivity contribution in [1.82, 2.24) is 0 Å². The molecule has 2 heterocycles. The summed E-state index contributed by atoms with van der Waals surface area (Å²) in [5, 5.41) is 81.7. The summed E-state index contributed by atoms with van der Waals surface area (Å²) in [5.41, 5.74) is -1.58. The molecule has 8 N–H and O–H groups in total. The van der Waals surface area contributed by atoms with Gasteiger partial charge in [0.05, 0.1) is 32.7 Å². The number of aliphatic hydroxyl groups is 6. The van der Waals surface area contributed by atoms with E-state index < -0.39 is 73.8 Å². The number of hydrogen-bond acceptors (Lipinski definition) is 15. The lowest BCUT2D eigenvalue weighted by molar-refractivity contribution is -0.291.